The van der Waals surface area contributed by atoms with E-state index in [1.165, 1.54) is 29.0 Å². The number of rotatable bonds is 3. The molecule has 1 saturated heterocycles. The Morgan fingerprint density at radius 3 is 2.95 bits per heavy atom. The Bertz CT molecular complexity index is 496. The van der Waals surface area contributed by atoms with Gasteiger partial charge in [-0.25, -0.2) is 0 Å². The number of hydrogen-bond acceptors (Lipinski definition) is 4. The molecular weight excluding hydrogens is 272 g/mol. The van der Waals surface area contributed by atoms with Crippen LogP contribution in [0.25, 0.3) is 0 Å². The van der Waals surface area contributed by atoms with E-state index in [1.54, 1.807) is 11.3 Å². The largest absolute Gasteiger partial charge is 0.315 e. The second-order valence-corrected chi connectivity index (χ2v) is 6.85. The number of nitrogens with zero attached hydrogens (tertiary/aromatic N) is 1. The molecule has 19 heavy (non-hydrogen) atoms. The minimum absolute atomic E-state index is 0.449. The molecule has 0 spiro atoms. The Hall–Kier alpha value is -0.680. The van der Waals surface area contributed by atoms with Gasteiger partial charge >= 0.3 is 0 Å². The van der Waals surface area contributed by atoms with E-state index in [1.807, 2.05) is 11.3 Å². The molecule has 3 heterocycles. The van der Waals surface area contributed by atoms with Crippen molar-refractivity contribution < 1.29 is 0 Å². The van der Waals surface area contributed by atoms with Gasteiger partial charge in [0, 0.05) is 24.5 Å². The molecule has 3 rings (SSSR count). The van der Waals surface area contributed by atoms with Crippen LogP contribution < -0.4 is 5.32 Å². The predicted molar refractivity (Wildman–Crippen MR) is 84.3 cm³/mol. The molecule has 4 heteroatoms. The molecule has 0 saturated carbocycles. The summed E-state index contributed by atoms with van der Waals surface area (Å²) >= 11 is 3.70. The highest BCUT2D eigenvalue weighted by molar-refractivity contribution is 7.10. The minimum Gasteiger partial charge on any atom is -0.315 e. The summed E-state index contributed by atoms with van der Waals surface area (Å²) in [6.07, 6.45) is 1.24. The fourth-order valence-corrected chi connectivity index (χ4v) is 4.44. The zero-order valence-electron chi connectivity index (χ0n) is 11.3. The lowest BCUT2D eigenvalue weighted by Gasteiger charge is -2.29. The fraction of sp³-hybridized carbons (Fsp3) is 0.467. The van der Waals surface area contributed by atoms with E-state index in [-0.39, 0.29) is 0 Å². The van der Waals surface area contributed by atoms with Gasteiger partial charge in [-0.1, -0.05) is 0 Å². The lowest BCUT2D eigenvalue weighted by Crippen LogP contribution is -2.32. The normalized spacial score (nSPS) is 19.2. The summed E-state index contributed by atoms with van der Waals surface area (Å²) in [4.78, 5) is 4.12. The first kappa shape index (κ1) is 13.3. The fourth-order valence-electron chi connectivity index (χ4n) is 2.71. The van der Waals surface area contributed by atoms with Crippen LogP contribution in [-0.4, -0.2) is 31.1 Å². The Labute approximate surface area is 123 Å². The third-order valence-electron chi connectivity index (χ3n) is 3.62. The quantitative estimate of drug-likeness (QED) is 0.931. The summed E-state index contributed by atoms with van der Waals surface area (Å²) < 4.78 is 0. The number of aryl methyl sites for hydroxylation is 1. The summed E-state index contributed by atoms with van der Waals surface area (Å²) in [6, 6.07) is 5.08. The molecule has 0 radical (unpaired) electrons. The van der Waals surface area contributed by atoms with Crippen molar-refractivity contribution in [2.75, 3.05) is 26.2 Å². The number of thiophene rings is 2. The average molecular weight is 292 g/mol. The van der Waals surface area contributed by atoms with Gasteiger partial charge in [-0.15, -0.1) is 11.3 Å². The summed E-state index contributed by atoms with van der Waals surface area (Å²) in [5.74, 6) is 0. The van der Waals surface area contributed by atoms with Gasteiger partial charge < -0.3 is 5.32 Å². The second-order valence-electron chi connectivity index (χ2n) is 5.13. The van der Waals surface area contributed by atoms with E-state index in [9.17, 15) is 0 Å². The maximum atomic E-state index is 3.50. The molecular formula is C15H20N2S2. The van der Waals surface area contributed by atoms with Crippen LogP contribution in [0, 0.1) is 6.92 Å². The van der Waals surface area contributed by atoms with Crippen LogP contribution in [0.15, 0.2) is 28.3 Å². The summed E-state index contributed by atoms with van der Waals surface area (Å²) in [7, 11) is 0. The SMILES string of the molecule is Cc1csc(C(c2ccsc2)N2CCCNCC2)c1. The lowest BCUT2D eigenvalue weighted by atomic mass is 10.1. The van der Waals surface area contributed by atoms with Gasteiger partial charge in [0.1, 0.15) is 0 Å². The van der Waals surface area contributed by atoms with Crippen LogP contribution in [0.4, 0.5) is 0 Å². The third-order valence-corrected chi connectivity index (χ3v) is 5.42. The van der Waals surface area contributed by atoms with Gasteiger partial charge in [0.2, 0.25) is 0 Å². The molecule has 2 nitrogen and oxygen atoms in total. The molecule has 0 aromatic carbocycles. The van der Waals surface area contributed by atoms with E-state index in [4.69, 9.17) is 0 Å². The molecule has 0 amide bonds. The van der Waals surface area contributed by atoms with Crippen molar-refractivity contribution in [3.8, 4) is 0 Å². The van der Waals surface area contributed by atoms with Crippen LogP contribution in [0.1, 0.15) is 28.5 Å². The maximum absolute atomic E-state index is 3.50. The molecule has 0 bridgehead atoms. The highest BCUT2D eigenvalue weighted by Gasteiger charge is 2.24. The topological polar surface area (TPSA) is 15.3 Å². The molecule has 102 valence electrons. The Morgan fingerprint density at radius 2 is 2.21 bits per heavy atom. The highest BCUT2D eigenvalue weighted by atomic mass is 32.1. The standard InChI is InChI=1S/C15H20N2S2/c1-12-9-14(19-10-12)15(13-3-8-18-11-13)17-6-2-4-16-5-7-17/h3,8-11,15-16H,2,4-7H2,1H3. The van der Waals surface area contributed by atoms with E-state index >= 15 is 0 Å². The molecule has 0 aliphatic carbocycles. The molecule has 1 aliphatic rings. The van der Waals surface area contributed by atoms with Crippen molar-refractivity contribution >= 4 is 22.7 Å². The first-order chi connectivity index (χ1) is 9.34. The van der Waals surface area contributed by atoms with Gasteiger partial charge in [-0.2, -0.15) is 11.3 Å². The highest BCUT2D eigenvalue weighted by Crippen LogP contribution is 2.34. The Balaban J connectivity index is 1.91. The average Bonchev–Trinajstić information content (AvgIpc) is 2.98. The number of nitrogens with one attached hydrogen (secondary N) is 1. The van der Waals surface area contributed by atoms with Gasteiger partial charge in [-0.05, 0) is 59.3 Å². The second kappa shape index (κ2) is 6.18. The Kier molecular flexibility index (Phi) is 4.33. The molecule has 1 unspecified atom stereocenters. The first-order valence-corrected chi connectivity index (χ1v) is 8.69. The van der Waals surface area contributed by atoms with Gasteiger partial charge in [-0.3, -0.25) is 4.90 Å². The molecule has 1 aliphatic heterocycles. The maximum Gasteiger partial charge on any atom is 0.0704 e. The third kappa shape index (κ3) is 3.08. The summed E-state index contributed by atoms with van der Waals surface area (Å²) in [6.45, 7) is 6.76. The summed E-state index contributed by atoms with van der Waals surface area (Å²) in [5, 5.41) is 10.3. The van der Waals surface area contributed by atoms with Crippen LogP contribution in [-0.2, 0) is 0 Å². The molecule has 2 aromatic rings. The van der Waals surface area contributed by atoms with E-state index in [0.29, 0.717) is 6.04 Å². The van der Waals surface area contributed by atoms with E-state index < -0.39 is 0 Å². The van der Waals surface area contributed by atoms with Gasteiger partial charge in [0.15, 0.2) is 0 Å². The minimum atomic E-state index is 0.449. The molecule has 1 fully saturated rings. The Morgan fingerprint density at radius 1 is 1.26 bits per heavy atom. The van der Waals surface area contributed by atoms with Gasteiger partial charge in [0.05, 0.1) is 6.04 Å². The monoisotopic (exact) mass is 292 g/mol. The van der Waals surface area contributed by atoms with Crippen molar-refractivity contribution in [2.24, 2.45) is 0 Å². The predicted octanol–water partition coefficient (Wildman–Crippen LogP) is 3.50. The lowest BCUT2D eigenvalue weighted by molar-refractivity contribution is 0.244. The van der Waals surface area contributed by atoms with E-state index in [0.717, 1.165) is 19.6 Å². The van der Waals surface area contributed by atoms with Crippen molar-refractivity contribution in [1.82, 2.24) is 10.2 Å². The van der Waals surface area contributed by atoms with Crippen molar-refractivity contribution in [2.45, 2.75) is 19.4 Å². The smallest absolute Gasteiger partial charge is 0.0704 e. The van der Waals surface area contributed by atoms with Crippen molar-refractivity contribution in [1.29, 1.82) is 0 Å². The van der Waals surface area contributed by atoms with Crippen LogP contribution in [0.3, 0.4) is 0 Å². The molecule has 1 N–H and O–H groups in total. The zero-order valence-corrected chi connectivity index (χ0v) is 12.9. The molecule has 1 atom stereocenters. The molecule has 2 aromatic heterocycles. The van der Waals surface area contributed by atoms with Crippen molar-refractivity contribution in [3.63, 3.8) is 0 Å². The van der Waals surface area contributed by atoms with Crippen LogP contribution >= 0.6 is 22.7 Å². The van der Waals surface area contributed by atoms with Gasteiger partial charge in [0.25, 0.3) is 0 Å². The van der Waals surface area contributed by atoms with Crippen LogP contribution in [0.5, 0.6) is 0 Å². The van der Waals surface area contributed by atoms with Crippen molar-refractivity contribution in [3.05, 3.63) is 44.3 Å². The van der Waals surface area contributed by atoms with E-state index in [2.05, 4.69) is 45.4 Å². The zero-order chi connectivity index (χ0) is 13.1. The van der Waals surface area contributed by atoms with Crippen LogP contribution in [0.2, 0.25) is 0 Å². The number of hydrogen-bond donors (Lipinski definition) is 1. The first-order valence-electron chi connectivity index (χ1n) is 6.86. The summed E-state index contributed by atoms with van der Waals surface area (Å²) in [5.41, 5.74) is 2.84.